The van der Waals surface area contributed by atoms with Crippen molar-refractivity contribution in [2.24, 2.45) is 0 Å². The van der Waals surface area contributed by atoms with Crippen molar-refractivity contribution in [3.63, 3.8) is 0 Å². The Morgan fingerprint density at radius 3 is 2.85 bits per heavy atom. The summed E-state index contributed by atoms with van der Waals surface area (Å²) in [5.74, 6) is -1.83. The molecule has 2 aromatic rings. The van der Waals surface area contributed by atoms with Gasteiger partial charge in [0, 0.05) is 17.5 Å². The quantitative estimate of drug-likeness (QED) is 0.819. The van der Waals surface area contributed by atoms with Crippen LogP contribution in [0.15, 0.2) is 35.7 Å². The normalized spacial score (nSPS) is 18.5. The Balaban J connectivity index is 1.89. The van der Waals surface area contributed by atoms with Crippen LogP contribution < -0.4 is 0 Å². The molecule has 1 saturated heterocycles. The number of rotatable bonds is 2. The van der Waals surface area contributed by atoms with Gasteiger partial charge in [0.1, 0.15) is 11.6 Å². The smallest absolute Gasteiger partial charge is 0.257 e. The van der Waals surface area contributed by atoms with Gasteiger partial charge in [-0.2, -0.15) is 0 Å². The summed E-state index contributed by atoms with van der Waals surface area (Å²) in [5.41, 5.74) is -0.0603. The van der Waals surface area contributed by atoms with E-state index in [9.17, 15) is 13.6 Å². The highest BCUT2D eigenvalue weighted by atomic mass is 32.1. The van der Waals surface area contributed by atoms with Gasteiger partial charge in [-0.05, 0) is 36.4 Å². The number of nitrogens with zero attached hydrogens (tertiary/aromatic N) is 1. The number of hydrogen-bond donors (Lipinski definition) is 0. The van der Waals surface area contributed by atoms with Crippen LogP contribution in [0.4, 0.5) is 8.78 Å². The minimum Gasteiger partial charge on any atom is -0.331 e. The van der Waals surface area contributed by atoms with Gasteiger partial charge in [0.15, 0.2) is 0 Å². The third kappa shape index (κ3) is 2.33. The van der Waals surface area contributed by atoms with Crippen LogP contribution in [-0.4, -0.2) is 17.4 Å². The molecule has 20 heavy (non-hydrogen) atoms. The molecule has 1 aliphatic heterocycles. The highest BCUT2D eigenvalue weighted by molar-refractivity contribution is 7.10. The lowest BCUT2D eigenvalue weighted by molar-refractivity contribution is 0.0733. The molecule has 0 aliphatic carbocycles. The summed E-state index contributed by atoms with van der Waals surface area (Å²) in [4.78, 5) is 15.2. The van der Waals surface area contributed by atoms with Crippen LogP contribution >= 0.6 is 11.3 Å². The van der Waals surface area contributed by atoms with E-state index in [0.717, 1.165) is 29.9 Å². The second-order valence-corrected chi connectivity index (χ2v) is 5.78. The maximum atomic E-state index is 13.7. The van der Waals surface area contributed by atoms with E-state index >= 15 is 0 Å². The second-order valence-electron chi connectivity index (χ2n) is 4.80. The lowest BCUT2D eigenvalue weighted by Crippen LogP contribution is -2.30. The van der Waals surface area contributed by atoms with Crippen molar-refractivity contribution in [3.8, 4) is 0 Å². The lowest BCUT2D eigenvalue weighted by atomic mass is 10.1. The van der Waals surface area contributed by atoms with Crippen molar-refractivity contribution in [2.45, 2.75) is 18.9 Å². The zero-order chi connectivity index (χ0) is 14.1. The molecule has 104 valence electrons. The summed E-state index contributed by atoms with van der Waals surface area (Å²) in [6.07, 6.45) is 1.78. The van der Waals surface area contributed by atoms with Crippen molar-refractivity contribution in [1.82, 2.24) is 4.90 Å². The van der Waals surface area contributed by atoms with Crippen LogP contribution in [0.5, 0.6) is 0 Å². The Morgan fingerprint density at radius 1 is 1.30 bits per heavy atom. The van der Waals surface area contributed by atoms with Crippen molar-refractivity contribution >= 4 is 17.2 Å². The molecule has 2 nitrogen and oxygen atoms in total. The summed E-state index contributed by atoms with van der Waals surface area (Å²) in [6, 6.07) is 7.03. The molecule has 2 heterocycles. The Bertz CT molecular complexity index is 627. The predicted molar refractivity (Wildman–Crippen MR) is 73.7 cm³/mol. The van der Waals surface area contributed by atoms with E-state index in [4.69, 9.17) is 0 Å². The largest absolute Gasteiger partial charge is 0.331 e. The zero-order valence-electron chi connectivity index (χ0n) is 10.7. The van der Waals surface area contributed by atoms with Crippen LogP contribution in [-0.2, 0) is 0 Å². The van der Waals surface area contributed by atoms with Crippen LogP contribution in [0.2, 0.25) is 0 Å². The average Bonchev–Trinajstić information content (AvgIpc) is 3.09. The first kappa shape index (κ1) is 13.2. The lowest BCUT2D eigenvalue weighted by Gasteiger charge is -2.24. The molecule has 1 aromatic carbocycles. The molecule has 1 fully saturated rings. The van der Waals surface area contributed by atoms with Gasteiger partial charge >= 0.3 is 0 Å². The minimum atomic E-state index is -0.799. The van der Waals surface area contributed by atoms with E-state index in [2.05, 4.69) is 0 Å². The molecule has 1 amide bonds. The van der Waals surface area contributed by atoms with Gasteiger partial charge in [-0.1, -0.05) is 6.07 Å². The van der Waals surface area contributed by atoms with Crippen molar-refractivity contribution in [2.75, 3.05) is 6.54 Å². The van der Waals surface area contributed by atoms with Crippen LogP contribution in [0.1, 0.15) is 34.1 Å². The fourth-order valence-electron chi connectivity index (χ4n) is 2.60. The number of benzene rings is 1. The zero-order valence-corrected chi connectivity index (χ0v) is 11.5. The Morgan fingerprint density at radius 2 is 2.15 bits per heavy atom. The van der Waals surface area contributed by atoms with Gasteiger partial charge in [0.25, 0.3) is 5.91 Å². The molecule has 3 rings (SSSR count). The topological polar surface area (TPSA) is 20.3 Å². The molecule has 0 radical (unpaired) electrons. The first-order chi connectivity index (χ1) is 9.66. The molecule has 1 unspecified atom stereocenters. The first-order valence-electron chi connectivity index (χ1n) is 6.46. The number of amides is 1. The van der Waals surface area contributed by atoms with Crippen LogP contribution in [0.25, 0.3) is 0 Å². The number of hydrogen-bond acceptors (Lipinski definition) is 2. The second kappa shape index (κ2) is 5.32. The monoisotopic (exact) mass is 293 g/mol. The number of carbonyl (C=O) groups excluding carboxylic acids is 1. The SMILES string of the molecule is O=C(c1ccc(F)cc1F)N1CCCC1c1cccs1. The predicted octanol–water partition coefficient (Wildman–Crippen LogP) is 4.00. The number of carbonyl (C=O) groups is 1. The molecule has 0 N–H and O–H groups in total. The molecule has 0 bridgehead atoms. The van der Waals surface area contributed by atoms with E-state index in [1.807, 2.05) is 17.5 Å². The molecule has 1 aromatic heterocycles. The van der Waals surface area contributed by atoms with E-state index in [0.29, 0.717) is 6.54 Å². The van der Waals surface area contributed by atoms with E-state index in [-0.39, 0.29) is 17.5 Å². The van der Waals surface area contributed by atoms with Crippen molar-refractivity contribution in [3.05, 3.63) is 57.8 Å². The standard InChI is InChI=1S/C15H13F2NOS/c16-10-5-6-11(12(17)9-10)15(19)18-7-1-3-13(18)14-4-2-8-20-14/h2,4-6,8-9,13H,1,3,7H2. The van der Waals surface area contributed by atoms with Gasteiger partial charge in [-0.15, -0.1) is 11.3 Å². The van der Waals surface area contributed by atoms with Gasteiger partial charge in [-0.25, -0.2) is 8.78 Å². The van der Waals surface area contributed by atoms with Crippen LogP contribution in [0, 0.1) is 11.6 Å². The molecular weight excluding hydrogens is 280 g/mol. The number of likely N-dealkylation sites (tertiary alicyclic amines) is 1. The molecular formula is C15H13F2NOS. The molecule has 0 spiro atoms. The summed E-state index contributed by atoms with van der Waals surface area (Å²) < 4.78 is 26.7. The van der Waals surface area contributed by atoms with Gasteiger partial charge in [0.05, 0.1) is 11.6 Å². The molecule has 0 saturated carbocycles. The Labute approximate surface area is 119 Å². The van der Waals surface area contributed by atoms with Gasteiger partial charge in [-0.3, -0.25) is 4.79 Å². The fourth-order valence-corrected chi connectivity index (χ4v) is 3.48. The van der Waals surface area contributed by atoms with Crippen molar-refractivity contribution < 1.29 is 13.6 Å². The molecule has 1 atom stereocenters. The highest BCUT2D eigenvalue weighted by Gasteiger charge is 2.32. The summed E-state index contributed by atoms with van der Waals surface area (Å²) in [5, 5.41) is 1.97. The minimum absolute atomic E-state index is 0.00644. The Kier molecular flexibility index (Phi) is 3.53. The van der Waals surface area contributed by atoms with E-state index in [1.165, 1.54) is 6.07 Å². The molecule has 1 aliphatic rings. The number of thiophene rings is 1. The van der Waals surface area contributed by atoms with Crippen LogP contribution in [0.3, 0.4) is 0 Å². The average molecular weight is 293 g/mol. The highest BCUT2D eigenvalue weighted by Crippen LogP contribution is 2.35. The van der Waals surface area contributed by atoms with E-state index < -0.39 is 11.6 Å². The first-order valence-corrected chi connectivity index (χ1v) is 7.34. The summed E-state index contributed by atoms with van der Waals surface area (Å²) in [6.45, 7) is 0.609. The van der Waals surface area contributed by atoms with Crippen molar-refractivity contribution in [1.29, 1.82) is 0 Å². The third-order valence-corrected chi connectivity index (χ3v) is 4.52. The third-order valence-electron chi connectivity index (χ3n) is 3.55. The van der Waals surface area contributed by atoms with Gasteiger partial charge < -0.3 is 4.90 Å². The summed E-state index contributed by atoms with van der Waals surface area (Å²) >= 11 is 1.60. The maximum absolute atomic E-state index is 13.7. The fraction of sp³-hybridized carbons (Fsp3) is 0.267. The Hall–Kier alpha value is -1.75. The summed E-state index contributed by atoms with van der Waals surface area (Å²) in [7, 11) is 0. The van der Waals surface area contributed by atoms with Gasteiger partial charge in [0.2, 0.25) is 0 Å². The molecule has 5 heteroatoms. The number of halogens is 2. The maximum Gasteiger partial charge on any atom is 0.257 e. The van der Waals surface area contributed by atoms with E-state index in [1.54, 1.807) is 16.2 Å².